The third-order valence-electron chi connectivity index (χ3n) is 3.02. The maximum absolute atomic E-state index is 5.88. The fourth-order valence-electron chi connectivity index (χ4n) is 2.07. The Morgan fingerprint density at radius 3 is 1.56 bits per heavy atom. The van der Waals surface area contributed by atoms with Crippen molar-refractivity contribution in [2.45, 2.75) is 25.0 Å². The number of anilines is 2. The van der Waals surface area contributed by atoms with Crippen LogP contribution in [0.5, 0.6) is 11.5 Å². The number of rotatable bonds is 4. The number of nitrogens with two attached hydrogens (primary N) is 4. The molecule has 1 heterocycles. The minimum absolute atomic E-state index is 0.0888. The number of benzene rings is 1. The van der Waals surface area contributed by atoms with Gasteiger partial charge in [0.2, 0.25) is 0 Å². The lowest BCUT2D eigenvalue weighted by Crippen LogP contribution is -2.42. The van der Waals surface area contributed by atoms with Gasteiger partial charge in [-0.2, -0.15) is 0 Å². The molecule has 0 aliphatic carbocycles. The Hall–Kier alpha value is -1.66. The van der Waals surface area contributed by atoms with E-state index in [2.05, 4.69) is 0 Å². The second-order valence-corrected chi connectivity index (χ2v) is 4.40. The molecule has 2 unspecified atom stereocenters. The van der Waals surface area contributed by atoms with E-state index in [1.165, 1.54) is 0 Å². The van der Waals surface area contributed by atoms with Gasteiger partial charge in [0.15, 0.2) is 11.5 Å². The van der Waals surface area contributed by atoms with E-state index in [1.807, 2.05) is 0 Å². The van der Waals surface area contributed by atoms with Crippen molar-refractivity contribution in [3.05, 3.63) is 12.1 Å². The smallest absolute Gasteiger partial charge is 0.164 e. The van der Waals surface area contributed by atoms with Gasteiger partial charge in [-0.3, -0.25) is 0 Å². The molecule has 6 nitrogen and oxygen atoms in total. The van der Waals surface area contributed by atoms with Crippen molar-refractivity contribution < 1.29 is 9.47 Å². The summed E-state index contributed by atoms with van der Waals surface area (Å²) in [5.41, 5.74) is 23.6. The molecular weight excluding hydrogens is 232 g/mol. The maximum Gasteiger partial charge on any atom is 0.164 e. The summed E-state index contributed by atoms with van der Waals surface area (Å²) >= 11 is 0. The van der Waals surface area contributed by atoms with Gasteiger partial charge < -0.3 is 32.4 Å². The summed E-state index contributed by atoms with van der Waals surface area (Å²) in [7, 11) is 0. The molecular formula is C12H20N4O2. The molecule has 0 saturated heterocycles. The van der Waals surface area contributed by atoms with Gasteiger partial charge in [-0.15, -0.1) is 0 Å². The van der Waals surface area contributed by atoms with E-state index in [1.54, 1.807) is 12.1 Å². The number of nitrogen functional groups attached to an aromatic ring is 2. The van der Waals surface area contributed by atoms with Crippen LogP contribution in [0.1, 0.15) is 12.8 Å². The van der Waals surface area contributed by atoms with Crippen molar-refractivity contribution in [3.8, 4) is 11.5 Å². The van der Waals surface area contributed by atoms with Gasteiger partial charge in [-0.25, -0.2) is 0 Å². The second kappa shape index (κ2) is 5.32. The van der Waals surface area contributed by atoms with Crippen LogP contribution in [0.3, 0.4) is 0 Å². The summed E-state index contributed by atoms with van der Waals surface area (Å²) in [5.74, 6) is 1.24. The normalized spacial score (nSPS) is 21.9. The predicted molar refractivity (Wildman–Crippen MR) is 71.4 cm³/mol. The van der Waals surface area contributed by atoms with Crippen molar-refractivity contribution in [1.82, 2.24) is 0 Å². The van der Waals surface area contributed by atoms with Crippen LogP contribution in [0.2, 0.25) is 0 Å². The van der Waals surface area contributed by atoms with Gasteiger partial charge in [0.1, 0.15) is 12.2 Å². The summed E-state index contributed by atoms with van der Waals surface area (Å²) < 4.78 is 11.8. The highest BCUT2D eigenvalue weighted by molar-refractivity contribution is 5.69. The first-order valence-electron chi connectivity index (χ1n) is 6.08. The SMILES string of the molecule is NCCC1Oc2cc(N)c(N)cc2OC1CCN. The fourth-order valence-corrected chi connectivity index (χ4v) is 2.07. The molecule has 6 heteroatoms. The Balaban J connectivity index is 2.25. The van der Waals surface area contributed by atoms with Gasteiger partial charge >= 0.3 is 0 Å². The van der Waals surface area contributed by atoms with Crippen LogP contribution in [0.4, 0.5) is 11.4 Å². The quantitative estimate of drug-likeness (QED) is 0.562. The molecule has 0 aromatic heterocycles. The summed E-state index contributed by atoms with van der Waals surface area (Å²) in [6.07, 6.45) is 1.26. The van der Waals surface area contributed by atoms with Crippen LogP contribution in [-0.4, -0.2) is 25.3 Å². The number of hydrogen-bond acceptors (Lipinski definition) is 6. The minimum Gasteiger partial charge on any atom is -0.483 e. The molecule has 100 valence electrons. The second-order valence-electron chi connectivity index (χ2n) is 4.40. The van der Waals surface area contributed by atoms with Crippen molar-refractivity contribution in [1.29, 1.82) is 0 Å². The standard InChI is InChI=1S/C12H20N4O2/c13-3-1-9-10(2-4-14)18-12-6-8(16)7(15)5-11(12)17-9/h5-6,9-10H,1-4,13-16H2. The van der Waals surface area contributed by atoms with Gasteiger partial charge in [0.05, 0.1) is 11.4 Å². The van der Waals surface area contributed by atoms with E-state index in [0.717, 1.165) is 0 Å². The average molecular weight is 252 g/mol. The van der Waals surface area contributed by atoms with E-state index < -0.39 is 0 Å². The van der Waals surface area contributed by atoms with Crippen LogP contribution in [-0.2, 0) is 0 Å². The highest BCUT2D eigenvalue weighted by atomic mass is 16.6. The van der Waals surface area contributed by atoms with E-state index in [0.29, 0.717) is 48.8 Å². The number of fused-ring (bicyclic) bond motifs is 1. The van der Waals surface area contributed by atoms with Gasteiger partial charge in [-0.1, -0.05) is 0 Å². The minimum atomic E-state index is -0.0888. The Bertz CT molecular complexity index is 386. The Morgan fingerprint density at radius 1 is 0.833 bits per heavy atom. The van der Waals surface area contributed by atoms with Crippen LogP contribution in [0, 0.1) is 0 Å². The van der Waals surface area contributed by atoms with E-state index in [4.69, 9.17) is 32.4 Å². The molecule has 0 bridgehead atoms. The first-order chi connectivity index (χ1) is 8.65. The lowest BCUT2D eigenvalue weighted by Gasteiger charge is -2.34. The molecule has 2 rings (SSSR count). The van der Waals surface area contributed by atoms with E-state index >= 15 is 0 Å². The summed E-state index contributed by atoms with van der Waals surface area (Å²) in [5, 5.41) is 0. The highest BCUT2D eigenvalue weighted by Gasteiger charge is 2.30. The molecule has 1 aromatic carbocycles. The molecule has 1 aromatic rings. The van der Waals surface area contributed by atoms with Crippen LogP contribution in [0.25, 0.3) is 0 Å². The van der Waals surface area contributed by atoms with Crippen LogP contribution in [0.15, 0.2) is 12.1 Å². The fraction of sp³-hybridized carbons (Fsp3) is 0.500. The highest BCUT2D eigenvalue weighted by Crippen LogP contribution is 2.39. The Morgan fingerprint density at radius 2 is 1.22 bits per heavy atom. The van der Waals surface area contributed by atoms with Crippen molar-refractivity contribution >= 4 is 11.4 Å². The first kappa shape index (κ1) is 12.8. The zero-order valence-electron chi connectivity index (χ0n) is 10.3. The molecule has 0 fully saturated rings. The average Bonchev–Trinajstić information content (AvgIpc) is 2.33. The lowest BCUT2D eigenvalue weighted by molar-refractivity contribution is 0.0144. The van der Waals surface area contributed by atoms with E-state index in [9.17, 15) is 0 Å². The lowest BCUT2D eigenvalue weighted by atomic mass is 10.1. The molecule has 0 saturated carbocycles. The Labute approximate surface area is 106 Å². The molecule has 18 heavy (non-hydrogen) atoms. The summed E-state index contributed by atoms with van der Waals surface area (Å²) in [6, 6.07) is 3.37. The molecule has 2 atom stereocenters. The van der Waals surface area contributed by atoms with Gasteiger partial charge in [0.25, 0.3) is 0 Å². The molecule has 0 amide bonds. The third-order valence-corrected chi connectivity index (χ3v) is 3.02. The van der Waals surface area contributed by atoms with Crippen molar-refractivity contribution in [2.24, 2.45) is 11.5 Å². The van der Waals surface area contributed by atoms with E-state index in [-0.39, 0.29) is 12.2 Å². The number of hydrogen-bond donors (Lipinski definition) is 4. The zero-order valence-corrected chi connectivity index (χ0v) is 10.3. The maximum atomic E-state index is 5.88. The van der Waals surface area contributed by atoms with Crippen molar-refractivity contribution in [2.75, 3.05) is 24.6 Å². The predicted octanol–water partition coefficient (Wildman–Crippen LogP) is 0.0570. The monoisotopic (exact) mass is 252 g/mol. The molecule has 1 aliphatic rings. The largest absolute Gasteiger partial charge is 0.483 e. The van der Waals surface area contributed by atoms with Crippen LogP contribution < -0.4 is 32.4 Å². The molecule has 1 aliphatic heterocycles. The third kappa shape index (κ3) is 2.44. The molecule has 0 spiro atoms. The number of ether oxygens (including phenoxy) is 2. The first-order valence-corrected chi connectivity index (χ1v) is 6.08. The molecule has 8 N–H and O–H groups in total. The van der Waals surface area contributed by atoms with Crippen LogP contribution >= 0.6 is 0 Å². The van der Waals surface area contributed by atoms with Crippen molar-refractivity contribution in [3.63, 3.8) is 0 Å². The summed E-state index contributed by atoms with van der Waals surface area (Å²) in [6.45, 7) is 1.07. The van der Waals surface area contributed by atoms with Gasteiger partial charge in [-0.05, 0) is 13.1 Å². The zero-order chi connectivity index (χ0) is 13.1. The van der Waals surface area contributed by atoms with Gasteiger partial charge in [0, 0.05) is 25.0 Å². The summed E-state index contributed by atoms with van der Waals surface area (Å²) in [4.78, 5) is 0. The Kier molecular flexibility index (Phi) is 3.78. The molecule has 0 radical (unpaired) electrons. The topological polar surface area (TPSA) is 123 Å².